The average Bonchev–Trinajstić information content (AvgIpc) is 2.88. The van der Waals surface area contributed by atoms with Crippen LogP contribution in [0.15, 0.2) is 59.5 Å². The van der Waals surface area contributed by atoms with Crippen LogP contribution in [0.5, 0.6) is 0 Å². The first kappa shape index (κ1) is 36.4. The predicted molar refractivity (Wildman–Crippen MR) is 154 cm³/mol. The first-order chi connectivity index (χ1) is 17.3. The molecule has 2 atom stereocenters. The molecule has 0 aromatic heterocycles. The molecule has 5 heteroatoms. The van der Waals surface area contributed by atoms with Crippen molar-refractivity contribution < 1.29 is 42.5 Å². The van der Waals surface area contributed by atoms with Gasteiger partial charge in [0.1, 0.15) is 10.1 Å². The van der Waals surface area contributed by atoms with Gasteiger partial charge in [-0.15, -0.1) is 0 Å². The minimum absolute atomic E-state index is 0. The third kappa shape index (κ3) is 17.5. The van der Waals surface area contributed by atoms with E-state index in [9.17, 15) is 13.0 Å². The molecule has 0 saturated carbocycles. The van der Waals surface area contributed by atoms with Crippen LogP contribution in [0.2, 0.25) is 0 Å². The van der Waals surface area contributed by atoms with Crippen molar-refractivity contribution in [2.24, 2.45) is 0 Å². The molecular formula is C32H51NaO3S. The predicted octanol–water partition coefficient (Wildman–Crippen LogP) is 6.99. The van der Waals surface area contributed by atoms with Gasteiger partial charge in [0.2, 0.25) is 0 Å². The van der Waals surface area contributed by atoms with Gasteiger partial charge >= 0.3 is 29.6 Å². The van der Waals surface area contributed by atoms with E-state index < -0.39 is 10.1 Å². The second kappa shape index (κ2) is 22.2. The van der Waals surface area contributed by atoms with Gasteiger partial charge < -0.3 is 4.55 Å². The number of unbranched alkanes of at least 4 members (excludes halogenated alkanes) is 10. The maximum atomic E-state index is 10.9. The summed E-state index contributed by atoms with van der Waals surface area (Å²) in [6.45, 7) is 8.99. The molecule has 2 rings (SSSR count). The first-order valence-corrected chi connectivity index (χ1v) is 15.8. The zero-order valence-corrected chi connectivity index (χ0v) is 27.2. The summed E-state index contributed by atoms with van der Waals surface area (Å²) < 4.78 is 32.6. The van der Waals surface area contributed by atoms with E-state index in [1.807, 2.05) is 0 Å². The Kier molecular flexibility index (Phi) is 21.8. The van der Waals surface area contributed by atoms with E-state index in [0.717, 1.165) is 17.9 Å². The van der Waals surface area contributed by atoms with Gasteiger partial charge in [-0.05, 0) is 47.9 Å². The topological polar surface area (TPSA) is 57.2 Å². The molecule has 2 aromatic rings. The Labute approximate surface area is 251 Å². The van der Waals surface area contributed by atoms with E-state index in [1.165, 1.54) is 101 Å². The normalized spacial score (nSPS) is 12.7. The van der Waals surface area contributed by atoms with Crippen molar-refractivity contribution >= 4 is 10.1 Å². The molecule has 0 aliphatic rings. The molecule has 0 saturated heterocycles. The Morgan fingerprint density at radius 3 is 1.38 bits per heavy atom. The Bertz CT molecular complexity index is 882. The summed E-state index contributed by atoms with van der Waals surface area (Å²) in [5, 5.41) is 0. The second-order valence-electron chi connectivity index (χ2n) is 10.3. The van der Waals surface area contributed by atoms with E-state index in [2.05, 4.69) is 58.0 Å². The van der Waals surface area contributed by atoms with Crippen LogP contribution in [-0.2, 0) is 10.1 Å². The molecule has 2 aromatic carbocycles. The quantitative estimate of drug-likeness (QED) is 0.124. The van der Waals surface area contributed by atoms with Crippen molar-refractivity contribution in [2.45, 2.75) is 134 Å². The Balaban J connectivity index is 0.000000698. The molecule has 2 unspecified atom stereocenters. The van der Waals surface area contributed by atoms with Gasteiger partial charge in [0.25, 0.3) is 0 Å². The fraction of sp³-hybridized carbons (Fsp3) is 0.625. The molecule has 0 heterocycles. The van der Waals surface area contributed by atoms with Crippen LogP contribution in [0.3, 0.4) is 0 Å². The van der Waals surface area contributed by atoms with Crippen molar-refractivity contribution in [3.63, 3.8) is 0 Å². The van der Waals surface area contributed by atoms with Crippen LogP contribution in [-0.4, -0.2) is 13.0 Å². The molecular weight excluding hydrogens is 487 g/mol. The van der Waals surface area contributed by atoms with Gasteiger partial charge in [-0.3, -0.25) is 0 Å². The summed E-state index contributed by atoms with van der Waals surface area (Å²) in [7, 11) is -4.33. The fourth-order valence-corrected chi connectivity index (χ4v) is 5.01. The summed E-state index contributed by atoms with van der Waals surface area (Å²) in [5.74, 6) is 1.14. The first-order valence-electron chi connectivity index (χ1n) is 14.4. The molecule has 0 N–H and O–H groups in total. The van der Waals surface area contributed by atoms with E-state index >= 15 is 0 Å². The number of benzene rings is 2. The van der Waals surface area contributed by atoms with Crippen LogP contribution in [0.4, 0.5) is 0 Å². The van der Waals surface area contributed by atoms with E-state index in [4.69, 9.17) is 0 Å². The van der Waals surface area contributed by atoms with Crippen LogP contribution < -0.4 is 29.6 Å². The van der Waals surface area contributed by atoms with Gasteiger partial charge in [0.15, 0.2) is 0 Å². The van der Waals surface area contributed by atoms with Gasteiger partial charge in [-0.25, -0.2) is 8.42 Å². The van der Waals surface area contributed by atoms with Gasteiger partial charge in [-0.2, -0.15) is 0 Å². The Morgan fingerprint density at radius 1 is 0.595 bits per heavy atom. The van der Waals surface area contributed by atoms with E-state index in [0.29, 0.717) is 5.92 Å². The number of hydrogen-bond donors (Lipinski definition) is 0. The van der Waals surface area contributed by atoms with Crippen LogP contribution in [0.1, 0.15) is 141 Å². The third-order valence-corrected chi connectivity index (χ3v) is 7.94. The Hall–Kier alpha value is -0.650. The fourth-order valence-electron chi connectivity index (χ4n) is 4.54. The molecule has 0 fully saturated rings. The molecule has 3 nitrogen and oxygen atoms in total. The number of hydrogen-bond acceptors (Lipinski definition) is 3. The average molecular weight is 539 g/mol. The van der Waals surface area contributed by atoms with E-state index in [1.54, 1.807) is 12.1 Å². The summed E-state index contributed by atoms with van der Waals surface area (Å²) in [6, 6.07) is 17.2. The molecule has 204 valence electrons. The van der Waals surface area contributed by atoms with Crippen molar-refractivity contribution in [3.05, 3.63) is 65.7 Å². The number of rotatable bonds is 17. The summed E-state index contributed by atoms with van der Waals surface area (Å²) in [6.07, 6.45) is 18.5. The Morgan fingerprint density at radius 2 is 0.973 bits per heavy atom. The SMILES string of the molecule is CCCCCCCCC(C)c1ccc(S(=O)(=O)[O-])cc1.CCCCCCCCC(C)c1ccccc1.[Na+]. The maximum absolute atomic E-state index is 10.9. The molecule has 0 radical (unpaired) electrons. The third-order valence-electron chi connectivity index (χ3n) is 7.09. The van der Waals surface area contributed by atoms with Gasteiger partial charge in [-0.1, -0.05) is 147 Å². The largest absolute Gasteiger partial charge is 1.00 e. The van der Waals surface area contributed by atoms with E-state index in [-0.39, 0.29) is 34.5 Å². The maximum Gasteiger partial charge on any atom is 1.00 e. The molecule has 0 amide bonds. The standard InChI is InChI=1S/C16H26O3S.C16H26.Na/c1-3-4-5-6-7-8-9-14(2)15-10-12-16(13-11-15)20(17,18)19;1-3-4-5-6-7-9-12-15(2)16-13-10-8-11-14-16;/h10-14H,3-9H2,1-2H3,(H,17,18,19);8,10-11,13-15H,3-7,9,12H2,1-2H3;/q;;+1/p-1. The van der Waals surface area contributed by atoms with Gasteiger partial charge in [0.05, 0.1) is 4.90 Å². The van der Waals surface area contributed by atoms with Crippen molar-refractivity contribution in [2.75, 3.05) is 0 Å². The minimum Gasteiger partial charge on any atom is -0.744 e. The second-order valence-corrected chi connectivity index (χ2v) is 11.7. The van der Waals surface area contributed by atoms with Gasteiger partial charge in [0, 0.05) is 0 Å². The smallest absolute Gasteiger partial charge is 0.744 e. The molecule has 0 spiro atoms. The molecule has 0 bridgehead atoms. The molecule has 0 aliphatic heterocycles. The van der Waals surface area contributed by atoms with Crippen LogP contribution in [0, 0.1) is 0 Å². The van der Waals surface area contributed by atoms with Crippen molar-refractivity contribution in [3.8, 4) is 0 Å². The molecule has 37 heavy (non-hydrogen) atoms. The zero-order chi connectivity index (χ0) is 26.7. The summed E-state index contributed by atoms with van der Waals surface area (Å²) >= 11 is 0. The summed E-state index contributed by atoms with van der Waals surface area (Å²) in [5.41, 5.74) is 2.60. The monoisotopic (exact) mass is 538 g/mol. The van der Waals surface area contributed by atoms with Crippen LogP contribution in [0.25, 0.3) is 0 Å². The zero-order valence-electron chi connectivity index (χ0n) is 24.4. The molecule has 0 aliphatic carbocycles. The minimum atomic E-state index is -4.33. The summed E-state index contributed by atoms with van der Waals surface area (Å²) in [4.78, 5) is -0.145. The van der Waals surface area contributed by atoms with Crippen LogP contribution >= 0.6 is 0 Å². The van der Waals surface area contributed by atoms with Crippen molar-refractivity contribution in [1.82, 2.24) is 0 Å². The van der Waals surface area contributed by atoms with Crippen molar-refractivity contribution in [1.29, 1.82) is 0 Å².